The predicted molar refractivity (Wildman–Crippen MR) is 90.2 cm³/mol. The van der Waals surface area contributed by atoms with E-state index < -0.39 is 11.7 Å². The number of carbonyl (C=O) groups is 1. The first-order valence-electron chi connectivity index (χ1n) is 7.10. The molecule has 0 unspecified atom stereocenters. The number of thiazole rings is 1. The molecule has 3 rings (SSSR count). The zero-order valence-corrected chi connectivity index (χ0v) is 14.2. The van der Waals surface area contributed by atoms with Crippen molar-refractivity contribution < 1.29 is 18.7 Å². The van der Waals surface area contributed by atoms with E-state index in [9.17, 15) is 9.18 Å². The Kier molecular flexibility index (Phi) is 4.35. The molecule has 3 aromatic rings. The summed E-state index contributed by atoms with van der Waals surface area (Å²) in [6.45, 7) is 0. The number of hydrogen-bond acceptors (Lipinski definition) is 4. The topological polar surface area (TPSA) is 52.8 Å². The van der Waals surface area contributed by atoms with E-state index in [-0.39, 0.29) is 5.56 Å². The second-order valence-corrected chi connectivity index (χ2v) is 6.00. The van der Waals surface area contributed by atoms with Gasteiger partial charge in [0.1, 0.15) is 27.5 Å². The zero-order chi connectivity index (χ0) is 17.3. The van der Waals surface area contributed by atoms with Gasteiger partial charge in [0.05, 0.1) is 14.2 Å². The van der Waals surface area contributed by atoms with Gasteiger partial charge in [-0.1, -0.05) is 17.4 Å². The molecule has 0 aliphatic heterocycles. The van der Waals surface area contributed by atoms with Gasteiger partial charge in [-0.25, -0.2) is 4.39 Å². The average Bonchev–Trinajstić information content (AvgIpc) is 2.91. The molecule has 7 heteroatoms. The summed E-state index contributed by atoms with van der Waals surface area (Å²) in [6.07, 6.45) is 0. The Hall–Kier alpha value is -2.67. The molecule has 0 saturated carbocycles. The summed E-state index contributed by atoms with van der Waals surface area (Å²) in [5.41, 5.74) is 0.985. The Morgan fingerprint density at radius 3 is 2.54 bits per heavy atom. The van der Waals surface area contributed by atoms with Crippen LogP contribution in [0, 0.1) is 5.82 Å². The van der Waals surface area contributed by atoms with Crippen molar-refractivity contribution in [3.63, 3.8) is 0 Å². The lowest BCUT2D eigenvalue weighted by Gasteiger charge is -2.06. The van der Waals surface area contributed by atoms with Gasteiger partial charge < -0.3 is 14.0 Å². The molecule has 24 heavy (non-hydrogen) atoms. The summed E-state index contributed by atoms with van der Waals surface area (Å²) in [4.78, 5) is 16.9. The number of methoxy groups -OCH3 is 2. The number of fused-ring (bicyclic) bond motifs is 1. The van der Waals surface area contributed by atoms with E-state index in [2.05, 4.69) is 4.99 Å². The third-order valence-electron chi connectivity index (χ3n) is 3.58. The van der Waals surface area contributed by atoms with Crippen LogP contribution in [0.5, 0.6) is 11.5 Å². The molecule has 0 N–H and O–H groups in total. The minimum absolute atomic E-state index is 0.200. The largest absolute Gasteiger partial charge is 0.495 e. The second-order valence-electron chi connectivity index (χ2n) is 5.02. The van der Waals surface area contributed by atoms with E-state index in [1.54, 1.807) is 38.0 Å². The van der Waals surface area contributed by atoms with E-state index in [0.29, 0.717) is 16.3 Å². The van der Waals surface area contributed by atoms with Crippen LogP contribution in [0.4, 0.5) is 4.39 Å². The van der Waals surface area contributed by atoms with Crippen molar-refractivity contribution in [3.8, 4) is 11.5 Å². The van der Waals surface area contributed by atoms with E-state index in [1.807, 2.05) is 0 Å². The van der Waals surface area contributed by atoms with Gasteiger partial charge in [-0.2, -0.15) is 4.99 Å². The summed E-state index contributed by atoms with van der Waals surface area (Å²) in [5, 5.41) is 0. The van der Waals surface area contributed by atoms with Crippen molar-refractivity contribution in [1.82, 2.24) is 4.57 Å². The van der Waals surface area contributed by atoms with Crippen LogP contribution < -0.4 is 14.3 Å². The summed E-state index contributed by atoms with van der Waals surface area (Å²) in [5.74, 6) is 0.352. The van der Waals surface area contributed by atoms with Gasteiger partial charge in [-0.15, -0.1) is 0 Å². The molecule has 0 fully saturated rings. The number of amides is 1. The normalized spacial score (nSPS) is 11.8. The highest BCUT2D eigenvalue weighted by Gasteiger charge is 2.14. The van der Waals surface area contributed by atoms with Crippen LogP contribution in [0.2, 0.25) is 0 Å². The van der Waals surface area contributed by atoms with E-state index in [4.69, 9.17) is 9.47 Å². The number of carbonyl (C=O) groups excluding carboxylic acids is 1. The van der Waals surface area contributed by atoms with Crippen molar-refractivity contribution in [3.05, 3.63) is 52.6 Å². The van der Waals surface area contributed by atoms with Crippen LogP contribution in [0.1, 0.15) is 10.4 Å². The highest BCUT2D eigenvalue weighted by molar-refractivity contribution is 7.16. The number of halogens is 1. The van der Waals surface area contributed by atoms with E-state index >= 15 is 0 Å². The third kappa shape index (κ3) is 2.78. The van der Waals surface area contributed by atoms with Crippen LogP contribution in [0.3, 0.4) is 0 Å². The maximum absolute atomic E-state index is 13.3. The molecule has 124 valence electrons. The Morgan fingerprint density at radius 1 is 1.17 bits per heavy atom. The number of ether oxygens (including phenoxy) is 2. The summed E-state index contributed by atoms with van der Waals surface area (Å²) >= 11 is 1.31. The molecular formula is C17H15FN2O3S. The number of hydrogen-bond donors (Lipinski definition) is 0. The van der Waals surface area contributed by atoms with Crippen LogP contribution in [-0.2, 0) is 7.05 Å². The molecule has 0 atom stereocenters. The first-order chi connectivity index (χ1) is 11.5. The van der Waals surface area contributed by atoms with Crippen molar-refractivity contribution in [2.75, 3.05) is 14.2 Å². The quantitative estimate of drug-likeness (QED) is 0.732. The maximum atomic E-state index is 13.3. The molecule has 1 heterocycles. The Bertz CT molecular complexity index is 991. The van der Waals surface area contributed by atoms with Gasteiger partial charge in [0.25, 0.3) is 5.91 Å². The number of aryl methyl sites for hydroxylation is 1. The lowest BCUT2D eigenvalue weighted by Crippen LogP contribution is -2.13. The van der Waals surface area contributed by atoms with E-state index in [0.717, 1.165) is 10.2 Å². The predicted octanol–water partition coefficient (Wildman–Crippen LogP) is 3.14. The lowest BCUT2D eigenvalue weighted by atomic mass is 10.2. The summed E-state index contributed by atoms with van der Waals surface area (Å²) < 4.78 is 26.6. The minimum atomic E-state index is -0.505. The molecule has 2 aromatic carbocycles. The molecule has 1 aromatic heterocycles. The number of nitrogens with zero attached hydrogens (tertiary/aromatic N) is 2. The second kappa shape index (κ2) is 6.45. The van der Waals surface area contributed by atoms with Crippen LogP contribution in [0.25, 0.3) is 10.2 Å². The van der Waals surface area contributed by atoms with Gasteiger partial charge in [0.2, 0.25) is 0 Å². The van der Waals surface area contributed by atoms with Crippen molar-refractivity contribution >= 4 is 27.5 Å². The highest BCUT2D eigenvalue weighted by Crippen LogP contribution is 2.34. The molecule has 5 nitrogen and oxygen atoms in total. The smallest absolute Gasteiger partial charge is 0.279 e. The van der Waals surface area contributed by atoms with Crippen LogP contribution in [0.15, 0.2) is 41.4 Å². The Balaban J connectivity index is 2.20. The molecule has 1 amide bonds. The Morgan fingerprint density at radius 2 is 1.88 bits per heavy atom. The SMILES string of the molecule is COc1ccc(OC)c2c1sc(=NC(=O)c1cccc(F)c1)n2C. The first-order valence-corrected chi connectivity index (χ1v) is 7.92. The molecule has 0 aliphatic rings. The Labute approximate surface area is 141 Å². The monoisotopic (exact) mass is 346 g/mol. The lowest BCUT2D eigenvalue weighted by molar-refractivity contribution is 0.0997. The number of rotatable bonds is 3. The molecular weight excluding hydrogens is 331 g/mol. The third-order valence-corrected chi connectivity index (χ3v) is 4.73. The fourth-order valence-corrected chi connectivity index (χ4v) is 3.53. The minimum Gasteiger partial charge on any atom is -0.495 e. The average molecular weight is 346 g/mol. The molecule has 0 aliphatic carbocycles. The standard InChI is InChI=1S/C17H15FN2O3S/c1-20-14-12(22-2)7-8-13(23-3)15(14)24-17(20)19-16(21)10-5-4-6-11(18)9-10/h4-9H,1-3H3. The van der Waals surface area contributed by atoms with Gasteiger partial charge in [0.15, 0.2) is 4.80 Å². The molecule has 0 radical (unpaired) electrons. The van der Waals surface area contributed by atoms with Gasteiger partial charge >= 0.3 is 0 Å². The van der Waals surface area contributed by atoms with Gasteiger partial charge in [0, 0.05) is 12.6 Å². The summed E-state index contributed by atoms with van der Waals surface area (Å²) in [6, 6.07) is 9.06. The molecule has 0 bridgehead atoms. The highest BCUT2D eigenvalue weighted by atomic mass is 32.1. The fraction of sp³-hybridized carbons (Fsp3) is 0.176. The number of benzene rings is 2. The summed E-state index contributed by atoms with van der Waals surface area (Å²) in [7, 11) is 4.95. The fourth-order valence-electron chi connectivity index (χ4n) is 2.40. The maximum Gasteiger partial charge on any atom is 0.279 e. The van der Waals surface area contributed by atoms with Gasteiger partial charge in [-0.3, -0.25) is 4.79 Å². The van der Waals surface area contributed by atoms with Gasteiger partial charge in [-0.05, 0) is 30.3 Å². The van der Waals surface area contributed by atoms with E-state index in [1.165, 1.54) is 35.6 Å². The zero-order valence-electron chi connectivity index (χ0n) is 13.4. The first kappa shape index (κ1) is 16.2. The van der Waals surface area contributed by atoms with Crippen molar-refractivity contribution in [1.29, 1.82) is 0 Å². The van der Waals surface area contributed by atoms with Crippen molar-refractivity contribution in [2.24, 2.45) is 12.0 Å². The molecule has 0 saturated heterocycles. The van der Waals surface area contributed by atoms with Crippen LogP contribution >= 0.6 is 11.3 Å². The molecule has 0 spiro atoms. The van der Waals surface area contributed by atoms with Crippen molar-refractivity contribution in [2.45, 2.75) is 0 Å². The number of aromatic nitrogens is 1. The van der Waals surface area contributed by atoms with Crippen LogP contribution in [-0.4, -0.2) is 24.7 Å².